The predicted octanol–water partition coefficient (Wildman–Crippen LogP) is 32.4. The quantitative estimate of drug-likeness (QED) is 0.113. The number of hydrogen-bond acceptors (Lipinski definition) is 2. The van der Waals surface area contributed by atoms with Gasteiger partial charge in [0.05, 0.1) is 33.4 Å². The molecule has 4 heteroatoms. The highest BCUT2D eigenvalue weighted by Crippen LogP contribution is 2.47. The summed E-state index contributed by atoms with van der Waals surface area (Å²) in [5.74, 6) is 0. The van der Waals surface area contributed by atoms with Gasteiger partial charge in [0.1, 0.15) is 0 Å². The first-order chi connectivity index (χ1) is 59.5. The summed E-state index contributed by atoms with van der Waals surface area (Å²) in [5.41, 5.74) is 23.4. The Labute approximate surface area is 695 Å². The van der Waals surface area contributed by atoms with Crippen LogP contribution in [0.15, 0.2) is 461 Å². The molecule has 0 saturated carbocycles. The average molecular weight is 1530 g/mol. The Balaban J connectivity index is 0.000000140. The lowest BCUT2D eigenvalue weighted by atomic mass is 9.92. The van der Waals surface area contributed by atoms with Gasteiger partial charge in [-0.15, -0.1) is 0 Å². The van der Waals surface area contributed by atoms with Crippen LogP contribution in [0.3, 0.4) is 0 Å². The molecule has 0 bridgehead atoms. The van der Waals surface area contributed by atoms with E-state index in [4.69, 9.17) is 0 Å². The van der Waals surface area contributed by atoms with Gasteiger partial charge in [-0.25, -0.2) is 0 Å². The topological polar surface area (TPSA) is 16.3 Å². The van der Waals surface area contributed by atoms with Gasteiger partial charge in [0.25, 0.3) is 0 Å². The van der Waals surface area contributed by atoms with Crippen molar-refractivity contribution in [2.45, 2.75) is 0 Å². The molecule has 0 atom stereocenters. The van der Waals surface area contributed by atoms with Crippen molar-refractivity contribution in [3.63, 3.8) is 0 Å². The number of aromatic nitrogens is 2. The Morgan fingerprint density at radius 2 is 0.367 bits per heavy atom. The molecule has 0 aliphatic rings. The molecule has 0 radical (unpaired) electrons. The normalized spacial score (nSPS) is 11.7. The lowest BCUT2D eigenvalue weighted by Gasteiger charge is -2.26. The Hall–Kier alpha value is -15.9. The number of fused-ring (bicyclic) bond motifs is 20. The minimum atomic E-state index is 1.10. The van der Waals surface area contributed by atoms with Gasteiger partial charge >= 0.3 is 0 Å². The maximum absolute atomic E-state index is 2.43. The molecule has 24 rings (SSSR count). The van der Waals surface area contributed by atoms with E-state index in [-0.39, 0.29) is 0 Å². The summed E-state index contributed by atoms with van der Waals surface area (Å²) in [4.78, 5) is 4.73. The van der Waals surface area contributed by atoms with Crippen molar-refractivity contribution < 1.29 is 0 Å². The Morgan fingerprint density at radius 3 is 0.775 bits per heavy atom. The first kappa shape index (κ1) is 69.6. The highest BCUT2D eigenvalue weighted by Gasteiger charge is 2.22. The molecular formula is C116H76N4. The Bertz CT molecular complexity index is 8040. The summed E-state index contributed by atoms with van der Waals surface area (Å²) in [7, 11) is 0. The van der Waals surface area contributed by atoms with Gasteiger partial charge in [0.15, 0.2) is 0 Å². The van der Waals surface area contributed by atoms with Crippen LogP contribution in [0, 0.1) is 0 Å². The number of rotatable bonds is 12. The summed E-state index contributed by atoms with van der Waals surface area (Å²) < 4.78 is 4.85. The van der Waals surface area contributed by atoms with Crippen molar-refractivity contribution >= 4 is 164 Å². The van der Waals surface area contributed by atoms with Crippen molar-refractivity contribution in [2.24, 2.45) is 0 Å². The first-order valence-corrected chi connectivity index (χ1v) is 41.3. The van der Waals surface area contributed by atoms with E-state index in [0.29, 0.717) is 0 Å². The van der Waals surface area contributed by atoms with E-state index < -0.39 is 0 Å². The molecule has 0 unspecified atom stereocenters. The maximum atomic E-state index is 2.43. The zero-order valence-electron chi connectivity index (χ0n) is 65.7. The van der Waals surface area contributed by atoms with Crippen LogP contribution in [0.4, 0.5) is 34.1 Å². The lowest BCUT2D eigenvalue weighted by Crippen LogP contribution is -2.10. The van der Waals surface area contributed by atoms with Gasteiger partial charge in [-0.05, 0) is 247 Å². The third kappa shape index (κ3) is 11.9. The fraction of sp³-hybridized carbons (Fsp3) is 0. The van der Waals surface area contributed by atoms with Gasteiger partial charge in [-0.3, -0.25) is 0 Å². The molecule has 0 saturated heterocycles. The fourth-order valence-electron chi connectivity index (χ4n) is 19.1. The Morgan fingerprint density at radius 1 is 0.125 bits per heavy atom. The first-order valence-electron chi connectivity index (χ1n) is 41.3. The highest BCUT2D eigenvalue weighted by atomic mass is 15.1. The van der Waals surface area contributed by atoms with Gasteiger partial charge < -0.3 is 18.9 Å². The van der Waals surface area contributed by atoms with Gasteiger partial charge in [0.2, 0.25) is 0 Å². The molecule has 4 nitrogen and oxygen atoms in total. The number of benzene rings is 22. The number of para-hydroxylation sites is 3. The number of anilines is 6. The van der Waals surface area contributed by atoms with Gasteiger partial charge in [0, 0.05) is 66.4 Å². The molecular weight excluding hydrogens is 1450 g/mol. The van der Waals surface area contributed by atoms with Crippen molar-refractivity contribution in [3.05, 3.63) is 461 Å². The van der Waals surface area contributed by atoms with E-state index in [1.807, 2.05) is 0 Å². The summed E-state index contributed by atoms with van der Waals surface area (Å²) in [6.07, 6.45) is 0. The molecule has 2 heterocycles. The molecule has 560 valence electrons. The van der Waals surface area contributed by atoms with E-state index in [1.165, 1.54) is 186 Å². The van der Waals surface area contributed by atoms with E-state index >= 15 is 0 Å². The standard InChI is InChI=1S/2C58H38N2/c1-2-15-44(16-3-1)59(45-31-25-39(26-32-45)42-29-35-52-50-20-7-6-18-48(50)49-19-8-9-21-51(49)54(52)37-42)46-33-27-40(28-34-46)43-30-36-58-55(38-43)53-22-10-11-23-57(53)60(58)56-24-12-14-41-13-4-5-17-47(41)56;1-2-13-39(14-3-1)40-25-30-44(31-26-40)59(46-34-35-52-50-20-7-6-18-48(50)49-19-8-9-21-51(49)54(52)38-46)45-32-27-41(28-33-45)43-29-36-58-55(37-43)53-22-10-11-23-57(53)60(58)56-24-12-16-42-15-4-5-17-47(42)56/h2*1-38H. The molecule has 0 N–H and O–H groups in total. The molecule has 22 aromatic carbocycles. The second-order valence-corrected chi connectivity index (χ2v) is 31.4. The molecule has 0 aliphatic carbocycles. The minimum absolute atomic E-state index is 1.10. The minimum Gasteiger partial charge on any atom is -0.311 e. The molecule has 120 heavy (non-hydrogen) atoms. The summed E-state index contributed by atoms with van der Waals surface area (Å²) >= 11 is 0. The molecule has 2 aromatic heterocycles. The fourth-order valence-corrected chi connectivity index (χ4v) is 19.1. The molecule has 0 amide bonds. The van der Waals surface area contributed by atoms with Crippen LogP contribution < -0.4 is 9.80 Å². The van der Waals surface area contributed by atoms with Gasteiger partial charge in [-0.1, -0.05) is 334 Å². The van der Waals surface area contributed by atoms with E-state index in [9.17, 15) is 0 Å². The monoisotopic (exact) mass is 1520 g/mol. The molecule has 0 spiro atoms. The number of nitrogens with zero attached hydrogens (tertiary/aromatic N) is 4. The van der Waals surface area contributed by atoms with Crippen molar-refractivity contribution in [3.8, 4) is 55.9 Å². The zero-order chi connectivity index (χ0) is 79.1. The Kier molecular flexibility index (Phi) is 16.9. The predicted molar refractivity (Wildman–Crippen MR) is 513 cm³/mol. The molecule has 24 aromatic rings. The SMILES string of the molecule is c1ccc(-c2ccc(N(c3ccc(-c4ccc5c(c4)c4ccccc4n5-c4cccc5ccccc45)cc3)c3ccc4c5ccccc5c5ccccc5c4c3)cc2)cc1.c1ccc(N(c2ccc(-c3ccc4c5ccccc5c5ccccc5c4c3)cc2)c2ccc(-c3ccc4c(c3)c3ccccc3n4-c3cccc4ccccc34)cc2)cc1. The zero-order valence-corrected chi connectivity index (χ0v) is 65.7. The lowest BCUT2D eigenvalue weighted by molar-refractivity contribution is 1.20. The number of hydrogen-bond donors (Lipinski definition) is 0. The van der Waals surface area contributed by atoms with E-state index in [1.54, 1.807) is 0 Å². The molecule has 0 aliphatic heterocycles. The second kappa shape index (κ2) is 29.1. The van der Waals surface area contributed by atoms with Gasteiger partial charge in [-0.2, -0.15) is 0 Å². The van der Waals surface area contributed by atoms with E-state index in [0.717, 1.165) is 34.1 Å². The maximum Gasteiger partial charge on any atom is 0.0541 e. The van der Waals surface area contributed by atoms with E-state index in [2.05, 4.69) is 480 Å². The third-order valence-corrected chi connectivity index (χ3v) is 24.7. The van der Waals surface area contributed by atoms with Crippen LogP contribution in [0.5, 0.6) is 0 Å². The second-order valence-electron chi connectivity index (χ2n) is 31.4. The van der Waals surface area contributed by atoms with Crippen LogP contribution in [0.2, 0.25) is 0 Å². The molecule has 0 fully saturated rings. The highest BCUT2D eigenvalue weighted by molar-refractivity contribution is 6.27. The third-order valence-electron chi connectivity index (χ3n) is 24.7. The van der Waals surface area contributed by atoms with Crippen molar-refractivity contribution in [1.29, 1.82) is 0 Å². The summed E-state index contributed by atoms with van der Waals surface area (Å²) in [6.45, 7) is 0. The van der Waals surface area contributed by atoms with Crippen LogP contribution in [-0.4, -0.2) is 9.13 Å². The summed E-state index contributed by atoms with van der Waals surface area (Å²) in [5, 5.41) is 25.3. The average Bonchev–Trinajstić information content (AvgIpc) is 1.55. The largest absolute Gasteiger partial charge is 0.311 e. The smallest absolute Gasteiger partial charge is 0.0541 e. The van der Waals surface area contributed by atoms with Crippen LogP contribution in [0.1, 0.15) is 0 Å². The van der Waals surface area contributed by atoms with Crippen molar-refractivity contribution in [1.82, 2.24) is 9.13 Å². The van der Waals surface area contributed by atoms with Crippen LogP contribution in [0.25, 0.3) is 186 Å². The summed E-state index contributed by atoms with van der Waals surface area (Å²) in [6, 6.07) is 168. The van der Waals surface area contributed by atoms with Crippen LogP contribution >= 0.6 is 0 Å². The van der Waals surface area contributed by atoms with Crippen LogP contribution in [-0.2, 0) is 0 Å². The van der Waals surface area contributed by atoms with Crippen molar-refractivity contribution in [2.75, 3.05) is 9.80 Å².